The van der Waals surface area contributed by atoms with E-state index in [1.54, 1.807) is 12.3 Å². The van der Waals surface area contributed by atoms with E-state index < -0.39 is 6.10 Å². The smallest absolute Gasteiger partial charge is 0.261 e. The van der Waals surface area contributed by atoms with Gasteiger partial charge in [0.05, 0.1) is 0 Å². The number of amides is 1. The van der Waals surface area contributed by atoms with Gasteiger partial charge in [-0.05, 0) is 47.5 Å². The molecule has 2 heterocycles. The SMILES string of the molecule is O=C(NCc1cccc(Cl)c1)C1Cc2c(-c3ccccc3Oc3ccccc3)ccnc2O1. The van der Waals surface area contributed by atoms with Gasteiger partial charge < -0.3 is 14.8 Å². The Bertz CT molecular complexity index is 1290. The molecule has 0 bridgehead atoms. The van der Waals surface area contributed by atoms with E-state index in [2.05, 4.69) is 10.3 Å². The average molecular weight is 457 g/mol. The van der Waals surface area contributed by atoms with Crippen molar-refractivity contribution >= 4 is 17.5 Å². The number of halogens is 1. The number of para-hydroxylation sites is 2. The van der Waals surface area contributed by atoms with E-state index in [-0.39, 0.29) is 5.91 Å². The Labute approximate surface area is 197 Å². The predicted molar refractivity (Wildman–Crippen MR) is 128 cm³/mol. The number of aromatic nitrogens is 1. The lowest BCUT2D eigenvalue weighted by Gasteiger charge is -2.13. The van der Waals surface area contributed by atoms with Gasteiger partial charge in [0.2, 0.25) is 5.88 Å². The topological polar surface area (TPSA) is 60.5 Å². The molecule has 5 nitrogen and oxygen atoms in total. The number of fused-ring (bicyclic) bond motifs is 1. The van der Waals surface area contributed by atoms with E-state index in [1.165, 1.54) is 0 Å². The molecule has 4 aromatic rings. The summed E-state index contributed by atoms with van der Waals surface area (Å²) < 4.78 is 12.1. The Morgan fingerprint density at radius 2 is 1.82 bits per heavy atom. The number of rotatable bonds is 6. The van der Waals surface area contributed by atoms with E-state index in [4.69, 9.17) is 21.1 Å². The number of carbonyl (C=O) groups excluding carboxylic acids is 1. The van der Waals surface area contributed by atoms with Crippen LogP contribution in [0.4, 0.5) is 0 Å². The van der Waals surface area contributed by atoms with Crippen LogP contribution < -0.4 is 14.8 Å². The van der Waals surface area contributed by atoms with Crippen LogP contribution in [0.2, 0.25) is 5.02 Å². The van der Waals surface area contributed by atoms with Gasteiger partial charge in [-0.15, -0.1) is 0 Å². The van der Waals surface area contributed by atoms with Gasteiger partial charge in [-0.3, -0.25) is 4.79 Å². The summed E-state index contributed by atoms with van der Waals surface area (Å²) in [6.45, 7) is 0.379. The Morgan fingerprint density at radius 3 is 2.67 bits per heavy atom. The van der Waals surface area contributed by atoms with E-state index in [0.717, 1.165) is 33.8 Å². The van der Waals surface area contributed by atoms with Crippen LogP contribution in [0.5, 0.6) is 17.4 Å². The Kier molecular flexibility index (Phi) is 5.96. The van der Waals surface area contributed by atoms with Gasteiger partial charge in [-0.2, -0.15) is 0 Å². The summed E-state index contributed by atoms with van der Waals surface area (Å²) in [7, 11) is 0. The van der Waals surface area contributed by atoms with Gasteiger partial charge in [0.15, 0.2) is 6.10 Å². The second-order valence-electron chi connectivity index (χ2n) is 7.71. The normalized spacial score (nSPS) is 14.3. The van der Waals surface area contributed by atoms with Crippen molar-refractivity contribution in [2.75, 3.05) is 0 Å². The lowest BCUT2D eigenvalue weighted by atomic mass is 9.98. The summed E-state index contributed by atoms with van der Waals surface area (Å²) in [4.78, 5) is 17.2. The van der Waals surface area contributed by atoms with Crippen LogP contribution in [0.25, 0.3) is 11.1 Å². The number of pyridine rings is 1. The van der Waals surface area contributed by atoms with E-state index in [0.29, 0.717) is 23.9 Å². The molecule has 164 valence electrons. The third kappa shape index (κ3) is 4.69. The summed E-state index contributed by atoms with van der Waals surface area (Å²) in [5.74, 6) is 1.77. The number of hydrogen-bond acceptors (Lipinski definition) is 4. The summed E-state index contributed by atoms with van der Waals surface area (Å²) in [5.41, 5.74) is 3.68. The zero-order chi connectivity index (χ0) is 22.6. The number of carbonyl (C=O) groups is 1. The maximum Gasteiger partial charge on any atom is 0.261 e. The molecule has 1 unspecified atom stereocenters. The number of ether oxygens (including phenoxy) is 2. The highest BCUT2D eigenvalue weighted by Gasteiger charge is 2.32. The van der Waals surface area contributed by atoms with Crippen molar-refractivity contribution in [3.8, 4) is 28.5 Å². The lowest BCUT2D eigenvalue weighted by Crippen LogP contribution is -2.37. The molecule has 1 aliphatic rings. The first kappa shape index (κ1) is 21.0. The van der Waals surface area contributed by atoms with Crippen LogP contribution >= 0.6 is 11.6 Å². The summed E-state index contributed by atoms with van der Waals surface area (Å²) in [5, 5.41) is 3.57. The fourth-order valence-electron chi connectivity index (χ4n) is 3.88. The van der Waals surface area contributed by atoms with Crippen molar-refractivity contribution in [2.24, 2.45) is 0 Å². The number of benzene rings is 3. The first-order chi connectivity index (χ1) is 16.2. The Hall–Kier alpha value is -3.83. The third-order valence-corrected chi connectivity index (χ3v) is 5.69. The van der Waals surface area contributed by atoms with Crippen molar-refractivity contribution in [3.63, 3.8) is 0 Å². The molecule has 1 atom stereocenters. The number of nitrogens with zero attached hydrogens (tertiary/aromatic N) is 1. The molecule has 0 spiro atoms. The van der Waals surface area contributed by atoms with Gasteiger partial charge in [0, 0.05) is 35.3 Å². The molecule has 3 aromatic carbocycles. The van der Waals surface area contributed by atoms with Gasteiger partial charge in [0.1, 0.15) is 11.5 Å². The van der Waals surface area contributed by atoms with Crippen molar-refractivity contribution < 1.29 is 14.3 Å². The first-order valence-electron chi connectivity index (χ1n) is 10.7. The van der Waals surface area contributed by atoms with E-state index in [9.17, 15) is 4.79 Å². The van der Waals surface area contributed by atoms with Gasteiger partial charge >= 0.3 is 0 Å². The third-order valence-electron chi connectivity index (χ3n) is 5.46. The minimum absolute atomic E-state index is 0.187. The second-order valence-corrected chi connectivity index (χ2v) is 8.15. The van der Waals surface area contributed by atoms with Gasteiger partial charge in [0.25, 0.3) is 5.91 Å². The van der Waals surface area contributed by atoms with Crippen LogP contribution in [0.1, 0.15) is 11.1 Å². The monoisotopic (exact) mass is 456 g/mol. The molecular weight excluding hydrogens is 436 g/mol. The molecule has 1 aliphatic heterocycles. The summed E-state index contributed by atoms with van der Waals surface area (Å²) in [6.07, 6.45) is 1.48. The molecule has 0 radical (unpaired) electrons. The molecule has 1 amide bonds. The standard InChI is InChI=1S/C27H21ClN2O3/c28-19-8-6-7-18(15-19)17-30-26(31)25-16-23-21(13-14-29-27(23)33-25)22-11-4-5-12-24(22)32-20-9-2-1-3-10-20/h1-15,25H,16-17H2,(H,30,31). The lowest BCUT2D eigenvalue weighted by molar-refractivity contribution is -0.127. The average Bonchev–Trinajstić information content (AvgIpc) is 3.28. The van der Waals surface area contributed by atoms with Crippen LogP contribution in [0.15, 0.2) is 91.1 Å². The molecular formula is C27H21ClN2O3. The second kappa shape index (κ2) is 9.35. The molecule has 0 saturated heterocycles. The maximum atomic E-state index is 12.8. The molecule has 6 heteroatoms. The molecule has 5 rings (SSSR count). The summed E-state index contributed by atoms with van der Waals surface area (Å²) >= 11 is 6.03. The highest BCUT2D eigenvalue weighted by Crippen LogP contribution is 2.40. The molecule has 33 heavy (non-hydrogen) atoms. The highest BCUT2D eigenvalue weighted by atomic mass is 35.5. The van der Waals surface area contributed by atoms with Crippen LogP contribution in [0, 0.1) is 0 Å². The highest BCUT2D eigenvalue weighted by molar-refractivity contribution is 6.30. The van der Waals surface area contributed by atoms with Crippen molar-refractivity contribution in [1.29, 1.82) is 0 Å². The molecule has 1 N–H and O–H groups in total. The van der Waals surface area contributed by atoms with Gasteiger partial charge in [-0.25, -0.2) is 4.98 Å². The number of nitrogens with one attached hydrogen (secondary N) is 1. The molecule has 0 aliphatic carbocycles. The molecule has 0 fully saturated rings. The van der Waals surface area contributed by atoms with Crippen LogP contribution in [-0.4, -0.2) is 17.0 Å². The van der Waals surface area contributed by atoms with Crippen LogP contribution in [0.3, 0.4) is 0 Å². The van der Waals surface area contributed by atoms with E-state index >= 15 is 0 Å². The van der Waals surface area contributed by atoms with Crippen molar-refractivity contribution in [1.82, 2.24) is 10.3 Å². The fraction of sp³-hybridized carbons (Fsp3) is 0.111. The Morgan fingerprint density at radius 1 is 1.00 bits per heavy atom. The van der Waals surface area contributed by atoms with Crippen LogP contribution in [-0.2, 0) is 17.8 Å². The van der Waals surface area contributed by atoms with Gasteiger partial charge in [-0.1, -0.05) is 60.1 Å². The minimum Gasteiger partial charge on any atom is -0.464 e. The molecule has 1 aromatic heterocycles. The quantitative estimate of drug-likeness (QED) is 0.397. The largest absolute Gasteiger partial charge is 0.464 e. The molecule has 0 saturated carbocycles. The minimum atomic E-state index is -0.643. The summed E-state index contributed by atoms with van der Waals surface area (Å²) in [6, 6.07) is 26.8. The maximum absolute atomic E-state index is 12.8. The zero-order valence-electron chi connectivity index (χ0n) is 17.7. The predicted octanol–water partition coefficient (Wildman–Crippen LogP) is 5.81. The number of hydrogen-bond donors (Lipinski definition) is 1. The van der Waals surface area contributed by atoms with E-state index in [1.807, 2.05) is 78.9 Å². The zero-order valence-corrected chi connectivity index (χ0v) is 18.5. The fourth-order valence-corrected chi connectivity index (χ4v) is 4.09. The first-order valence-corrected chi connectivity index (χ1v) is 11.0. The van der Waals surface area contributed by atoms with Crippen molar-refractivity contribution in [2.45, 2.75) is 19.1 Å². The van der Waals surface area contributed by atoms with Crippen molar-refractivity contribution in [3.05, 3.63) is 107 Å². The Balaban J connectivity index is 1.36.